The average molecular weight is 243 g/mol. The minimum Gasteiger partial charge on any atom is -0.494 e. The van der Waals surface area contributed by atoms with Gasteiger partial charge in [-0.3, -0.25) is 0 Å². The molecule has 0 saturated carbocycles. The highest BCUT2D eigenvalue weighted by Gasteiger charge is 2.21. The first-order valence-electron chi connectivity index (χ1n) is 6.35. The van der Waals surface area contributed by atoms with Crippen molar-refractivity contribution in [2.45, 2.75) is 12.8 Å². The van der Waals surface area contributed by atoms with Crippen LogP contribution in [0.2, 0.25) is 0 Å². The van der Waals surface area contributed by atoms with Crippen LogP contribution in [0.1, 0.15) is 18.7 Å². The molecule has 3 rings (SSSR count). The van der Waals surface area contributed by atoms with Gasteiger partial charge in [0.05, 0.1) is 18.5 Å². The third-order valence-corrected chi connectivity index (χ3v) is 3.24. The van der Waals surface area contributed by atoms with E-state index in [1.165, 1.54) is 0 Å². The molecule has 4 heteroatoms. The molecular formula is C14H17N3O. The number of hydrogen-bond acceptors (Lipinski definition) is 3. The van der Waals surface area contributed by atoms with E-state index in [2.05, 4.69) is 27.4 Å². The predicted octanol–water partition coefficient (Wildman–Crippen LogP) is 2.16. The molecule has 1 saturated heterocycles. The summed E-state index contributed by atoms with van der Waals surface area (Å²) in [4.78, 5) is 7.84. The highest BCUT2D eigenvalue weighted by atomic mass is 16.5. The van der Waals surface area contributed by atoms with E-state index < -0.39 is 0 Å². The molecule has 1 aliphatic rings. The number of nitrogens with zero attached hydrogens (tertiary/aromatic N) is 1. The first-order valence-corrected chi connectivity index (χ1v) is 6.35. The zero-order valence-electron chi connectivity index (χ0n) is 10.4. The maximum atomic E-state index is 5.43. The first kappa shape index (κ1) is 11.3. The Kier molecular flexibility index (Phi) is 3.02. The molecule has 94 valence electrons. The van der Waals surface area contributed by atoms with Crippen molar-refractivity contribution >= 4 is 0 Å². The van der Waals surface area contributed by atoms with Gasteiger partial charge in [-0.05, 0) is 36.8 Å². The van der Waals surface area contributed by atoms with Crippen LogP contribution in [0, 0.1) is 0 Å². The lowest BCUT2D eigenvalue weighted by molar-refractivity contribution is 0.340. The molecule has 18 heavy (non-hydrogen) atoms. The summed E-state index contributed by atoms with van der Waals surface area (Å²) in [5.74, 6) is 2.53. The Morgan fingerprint density at radius 3 is 2.67 bits per heavy atom. The maximum absolute atomic E-state index is 5.43. The van der Waals surface area contributed by atoms with E-state index in [-0.39, 0.29) is 0 Å². The number of imidazole rings is 1. The summed E-state index contributed by atoms with van der Waals surface area (Å²) in [6.45, 7) is 4.73. The van der Waals surface area contributed by atoms with Crippen LogP contribution in [-0.4, -0.2) is 29.7 Å². The first-order chi connectivity index (χ1) is 8.86. The van der Waals surface area contributed by atoms with Gasteiger partial charge in [-0.15, -0.1) is 0 Å². The lowest BCUT2D eigenvalue weighted by Crippen LogP contribution is -2.40. The summed E-state index contributed by atoms with van der Waals surface area (Å²) in [6, 6.07) is 8.09. The fourth-order valence-electron chi connectivity index (χ4n) is 2.07. The van der Waals surface area contributed by atoms with E-state index >= 15 is 0 Å². The van der Waals surface area contributed by atoms with Crippen molar-refractivity contribution in [3.05, 3.63) is 36.3 Å². The second kappa shape index (κ2) is 4.82. The van der Waals surface area contributed by atoms with Gasteiger partial charge < -0.3 is 15.0 Å². The smallest absolute Gasteiger partial charge is 0.119 e. The lowest BCUT2D eigenvalue weighted by Gasteiger charge is -2.24. The van der Waals surface area contributed by atoms with Crippen molar-refractivity contribution in [1.29, 1.82) is 0 Å². The number of aromatic nitrogens is 2. The molecule has 0 bridgehead atoms. The molecule has 1 aromatic carbocycles. The molecule has 2 heterocycles. The van der Waals surface area contributed by atoms with E-state index in [1.807, 2.05) is 25.3 Å². The zero-order valence-corrected chi connectivity index (χ0v) is 10.4. The van der Waals surface area contributed by atoms with E-state index in [4.69, 9.17) is 4.74 Å². The van der Waals surface area contributed by atoms with Crippen LogP contribution in [0.15, 0.2) is 30.5 Å². The van der Waals surface area contributed by atoms with E-state index in [1.54, 1.807) is 0 Å². The maximum Gasteiger partial charge on any atom is 0.119 e. The topological polar surface area (TPSA) is 49.9 Å². The number of nitrogens with one attached hydrogen (secondary N) is 2. The van der Waals surface area contributed by atoms with Crippen molar-refractivity contribution in [2.75, 3.05) is 19.7 Å². The Hall–Kier alpha value is -1.81. The molecule has 1 aliphatic heterocycles. The molecule has 2 aromatic rings. The van der Waals surface area contributed by atoms with Crippen LogP contribution >= 0.6 is 0 Å². The van der Waals surface area contributed by atoms with Crippen molar-refractivity contribution in [3.63, 3.8) is 0 Å². The van der Waals surface area contributed by atoms with Crippen molar-refractivity contribution in [1.82, 2.24) is 15.3 Å². The van der Waals surface area contributed by atoms with Gasteiger partial charge in [0.25, 0.3) is 0 Å². The van der Waals surface area contributed by atoms with Crippen molar-refractivity contribution in [2.24, 2.45) is 0 Å². The Bertz CT molecular complexity index is 514. The number of H-pyrrole nitrogens is 1. The summed E-state index contributed by atoms with van der Waals surface area (Å²) < 4.78 is 5.43. The summed E-state index contributed by atoms with van der Waals surface area (Å²) in [7, 11) is 0. The molecule has 1 fully saturated rings. The molecule has 0 unspecified atom stereocenters. The average Bonchev–Trinajstić information content (AvgIpc) is 2.77. The molecule has 4 nitrogen and oxygen atoms in total. The van der Waals surface area contributed by atoms with Gasteiger partial charge in [0.1, 0.15) is 11.6 Å². The van der Waals surface area contributed by atoms with Gasteiger partial charge >= 0.3 is 0 Å². The van der Waals surface area contributed by atoms with Gasteiger partial charge in [0.15, 0.2) is 0 Å². The number of ether oxygens (including phenoxy) is 1. The number of hydrogen-bond donors (Lipinski definition) is 2. The van der Waals surface area contributed by atoms with Crippen LogP contribution < -0.4 is 10.1 Å². The summed E-state index contributed by atoms with van der Waals surface area (Å²) in [6.07, 6.45) is 1.91. The predicted molar refractivity (Wildman–Crippen MR) is 70.8 cm³/mol. The highest BCUT2D eigenvalue weighted by Crippen LogP contribution is 2.23. The fourth-order valence-corrected chi connectivity index (χ4v) is 2.07. The van der Waals surface area contributed by atoms with Gasteiger partial charge in [-0.2, -0.15) is 0 Å². The zero-order chi connectivity index (χ0) is 12.4. The van der Waals surface area contributed by atoms with Crippen LogP contribution in [0.5, 0.6) is 5.75 Å². The molecule has 0 atom stereocenters. The van der Waals surface area contributed by atoms with E-state index in [9.17, 15) is 0 Å². The van der Waals surface area contributed by atoms with Crippen LogP contribution in [0.25, 0.3) is 11.3 Å². The fraction of sp³-hybridized carbons (Fsp3) is 0.357. The van der Waals surface area contributed by atoms with Crippen LogP contribution in [0.3, 0.4) is 0 Å². The Labute approximate surface area is 106 Å². The number of aromatic amines is 1. The third kappa shape index (κ3) is 2.11. The number of benzene rings is 1. The Morgan fingerprint density at radius 2 is 2.06 bits per heavy atom. The van der Waals surface area contributed by atoms with Crippen molar-refractivity contribution < 1.29 is 4.74 Å². The molecule has 0 radical (unpaired) electrons. The quantitative estimate of drug-likeness (QED) is 0.865. The summed E-state index contributed by atoms with van der Waals surface area (Å²) >= 11 is 0. The second-order valence-corrected chi connectivity index (χ2v) is 4.49. The monoisotopic (exact) mass is 243 g/mol. The minimum absolute atomic E-state index is 0.543. The Balaban J connectivity index is 1.78. The van der Waals surface area contributed by atoms with Gasteiger partial charge in [0.2, 0.25) is 0 Å². The molecule has 0 amide bonds. The third-order valence-electron chi connectivity index (χ3n) is 3.24. The van der Waals surface area contributed by atoms with Gasteiger partial charge in [-0.25, -0.2) is 4.98 Å². The molecule has 0 spiro atoms. The summed E-state index contributed by atoms with van der Waals surface area (Å²) in [5, 5.41) is 3.25. The highest BCUT2D eigenvalue weighted by molar-refractivity contribution is 5.59. The second-order valence-electron chi connectivity index (χ2n) is 4.49. The number of rotatable bonds is 4. The lowest BCUT2D eigenvalue weighted by atomic mass is 10.0. The van der Waals surface area contributed by atoms with Gasteiger partial charge in [0, 0.05) is 19.0 Å². The molecule has 0 aliphatic carbocycles. The normalized spacial score (nSPS) is 15.4. The molecule has 2 N–H and O–H groups in total. The Morgan fingerprint density at radius 1 is 1.28 bits per heavy atom. The van der Waals surface area contributed by atoms with Crippen LogP contribution in [0.4, 0.5) is 0 Å². The largest absolute Gasteiger partial charge is 0.494 e. The SMILES string of the molecule is CCOc1ccc(-c2cnc(C3CNC3)[nH]2)cc1. The van der Waals surface area contributed by atoms with E-state index in [0.29, 0.717) is 12.5 Å². The molecular weight excluding hydrogens is 226 g/mol. The molecule has 1 aromatic heterocycles. The standard InChI is InChI=1S/C14H17N3O/c1-2-18-12-5-3-10(4-6-12)13-9-16-14(17-13)11-7-15-8-11/h3-6,9,11,15H,2,7-8H2,1H3,(H,16,17). The van der Waals surface area contributed by atoms with Crippen molar-refractivity contribution in [3.8, 4) is 17.0 Å². The van der Waals surface area contributed by atoms with Crippen LogP contribution in [-0.2, 0) is 0 Å². The van der Waals surface area contributed by atoms with Gasteiger partial charge in [-0.1, -0.05) is 0 Å². The minimum atomic E-state index is 0.543. The van der Waals surface area contributed by atoms with E-state index in [0.717, 1.165) is 35.9 Å². The summed E-state index contributed by atoms with van der Waals surface area (Å²) in [5.41, 5.74) is 2.21.